The predicted molar refractivity (Wildman–Crippen MR) is 60.2 cm³/mol. The number of ether oxygens (including phenoxy) is 1. The van der Waals surface area contributed by atoms with Crippen LogP contribution in [-0.4, -0.2) is 41.4 Å². The Labute approximate surface area is 95.1 Å². The van der Waals surface area contributed by atoms with Gasteiger partial charge in [-0.2, -0.15) is 0 Å². The largest absolute Gasteiger partial charge is 0.391 e. The minimum atomic E-state index is -0.241. The van der Waals surface area contributed by atoms with Gasteiger partial charge < -0.3 is 14.7 Å². The quantitative estimate of drug-likeness (QED) is 0.812. The monoisotopic (exact) mass is 223 g/mol. The molecule has 1 saturated heterocycles. The zero-order chi connectivity index (χ0) is 11.4. The Hall–Kier alpha value is -1.20. The third kappa shape index (κ3) is 2.68. The van der Waals surface area contributed by atoms with Crippen molar-refractivity contribution in [3.63, 3.8) is 0 Å². The summed E-state index contributed by atoms with van der Waals surface area (Å²) in [5.41, 5.74) is 0.868. The Morgan fingerprint density at radius 1 is 1.56 bits per heavy atom. The molecule has 1 atom stereocenters. The fourth-order valence-corrected chi connectivity index (χ4v) is 1.95. The van der Waals surface area contributed by atoms with Crippen molar-refractivity contribution >= 4 is 5.82 Å². The lowest BCUT2D eigenvalue weighted by molar-refractivity contribution is 0.153. The van der Waals surface area contributed by atoms with E-state index in [2.05, 4.69) is 14.9 Å². The summed E-state index contributed by atoms with van der Waals surface area (Å²) in [5.74, 6) is 0.876. The Kier molecular flexibility index (Phi) is 3.69. The summed E-state index contributed by atoms with van der Waals surface area (Å²) in [4.78, 5) is 10.4. The first-order valence-corrected chi connectivity index (χ1v) is 5.52. The standard InChI is InChI=1S/C11H17N3O2/c1-16-7-9-5-11(13-8-12-9)14-4-2-3-10(15)6-14/h5,8,10,15H,2-4,6-7H2,1H3. The Balaban J connectivity index is 2.09. The molecule has 2 heterocycles. The highest BCUT2D eigenvalue weighted by Gasteiger charge is 2.18. The molecule has 5 heteroatoms. The lowest BCUT2D eigenvalue weighted by atomic mass is 10.1. The molecule has 0 spiro atoms. The summed E-state index contributed by atoms with van der Waals surface area (Å²) in [5, 5.41) is 9.60. The van der Waals surface area contributed by atoms with E-state index in [-0.39, 0.29) is 6.10 Å². The van der Waals surface area contributed by atoms with Gasteiger partial charge in [0.15, 0.2) is 0 Å². The molecule has 16 heavy (non-hydrogen) atoms. The molecule has 1 unspecified atom stereocenters. The van der Waals surface area contributed by atoms with Gasteiger partial charge in [0, 0.05) is 26.3 Å². The highest BCUT2D eigenvalue weighted by molar-refractivity contribution is 5.39. The van der Waals surface area contributed by atoms with Gasteiger partial charge in [0.05, 0.1) is 18.4 Å². The topological polar surface area (TPSA) is 58.5 Å². The van der Waals surface area contributed by atoms with Gasteiger partial charge in [-0.15, -0.1) is 0 Å². The molecular formula is C11H17N3O2. The van der Waals surface area contributed by atoms with Crippen molar-refractivity contribution in [2.45, 2.75) is 25.6 Å². The number of anilines is 1. The SMILES string of the molecule is COCc1cc(N2CCCC(O)C2)ncn1. The molecule has 5 nitrogen and oxygen atoms in total. The molecule has 1 N–H and O–H groups in total. The van der Waals surface area contributed by atoms with Gasteiger partial charge in [-0.05, 0) is 12.8 Å². The molecule has 0 radical (unpaired) electrons. The van der Waals surface area contributed by atoms with Crippen molar-refractivity contribution in [3.8, 4) is 0 Å². The summed E-state index contributed by atoms with van der Waals surface area (Å²) in [6.45, 7) is 2.09. The summed E-state index contributed by atoms with van der Waals surface area (Å²) < 4.78 is 5.03. The average Bonchev–Trinajstić information content (AvgIpc) is 2.30. The second kappa shape index (κ2) is 5.23. The molecule has 1 aromatic rings. The second-order valence-electron chi connectivity index (χ2n) is 4.04. The summed E-state index contributed by atoms with van der Waals surface area (Å²) >= 11 is 0. The summed E-state index contributed by atoms with van der Waals surface area (Å²) in [7, 11) is 1.65. The first-order chi connectivity index (χ1) is 7.79. The van der Waals surface area contributed by atoms with Crippen LogP contribution >= 0.6 is 0 Å². The molecule has 0 amide bonds. The molecule has 2 rings (SSSR count). The van der Waals surface area contributed by atoms with E-state index < -0.39 is 0 Å². The van der Waals surface area contributed by atoms with E-state index in [9.17, 15) is 5.11 Å². The van der Waals surface area contributed by atoms with Gasteiger partial charge in [-0.1, -0.05) is 0 Å². The number of aromatic nitrogens is 2. The molecule has 0 aromatic carbocycles. The molecule has 1 fully saturated rings. The maximum absolute atomic E-state index is 9.60. The Bertz CT molecular complexity index is 346. The normalized spacial score (nSPS) is 21.1. The van der Waals surface area contributed by atoms with Gasteiger partial charge in [-0.3, -0.25) is 0 Å². The van der Waals surface area contributed by atoms with Crippen LogP contribution in [0, 0.1) is 0 Å². The van der Waals surface area contributed by atoms with Crippen LogP contribution < -0.4 is 4.90 Å². The number of methoxy groups -OCH3 is 1. The predicted octanol–water partition coefficient (Wildman–Crippen LogP) is 0.584. The lowest BCUT2D eigenvalue weighted by Gasteiger charge is -2.30. The van der Waals surface area contributed by atoms with Gasteiger partial charge >= 0.3 is 0 Å². The van der Waals surface area contributed by atoms with Crippen LogP contribution in [0.4, 0.5) is 5.82 Å². The highest BCUT2D eigenvalue weighted by atomic mass is 16.5. The van der Waals surface area contributed by atoms with Gasteiger partial charge in [0.25, 0.3) is 0 Å². The van der Waals surface area contributed by atoms with Crippen LogP contribution in [0.25, 0.3) is 0 Å². The first-order valence-electron chi connectivity index (χ1n) is 5.52. The molecule has 1 aliphatic rings. The molecular weight excluding hydrogens is 206 g/mol. The zero-order valence-corrected chi connectivity index (χ0v) is 9.46. The van der Waals surface area contributed by atoms with Crippen molar-refractivity contribution in [2.75, 3.05) is 25.1 Å². The second-order valence-corrected chi connectivity index (χ2v) is 4.04. The molecule has 0 bridgehead atoms. The van der Waals surface area contributed by atoms with Gasteiger partial charge in [0.2, 0.25) is 0 Å². The maximum Gasteiger partial charge on any atom is 0.132 e. The number of aliphatic hydroxyl groups is 1. The van der Waals surface area contributed by atoms with Gasteiger partial charge in [-0.25, -0.2) is 9.97 Å². The van der Waals surface area contributed by atoms with E-state index in [0.29, 0.717) is 13.2 Å². The minimum absolute atomic E-state index is 0.241. The van der Waals surface area contributed by atoms with Crippen LogP contribution in [0.5, 0.6) is 0 Å². The smallest absolute Gasteiger partial charge is 0.132 e. The van der Waals surface area contributed by atoms with Crippen molar-refractivity contribution in [1.29, 1.82) is 0 Å². The fourth-order valence-electron chi connectivity index (χ4n) is 1.95. The highest BCUT2D eigenvalue weighted by Crippen LogP contribution is 2.17. The number of hydrogen-bond acceptors (Lipinski definition) is 5. The van der Waals surface area contributed by atoms with Crippen molar-refractivity contribution in [2.24, 2.45) is 0 Å². The third-order valence-electron chi connectivity index (χ3n) is 2.72. The number of hydrogen-bond donors (Lipinski definition) is 1. The molecule has 1 aromatic heterocycles. The van der Waals surface area contributed by atoms with Crippen LogP contribution in [0.3, 0.4) is 0 Å². The van der Waals surface area contributed by atoms with E-state index in [1.165, 1.54) is 0 Å². The first kappa shape index (κ1) is 11.3. The summed E-state index contributed by atoms with van der Waals surface area (Å²) in [6.07, 6.45) is 3.19. The van der Waals surface area contributed by atoms with Crippen LogP contribution in [0.1, 0.15) is 18.5 Å². The van der Waals surface area contributed by atoms with Crippen LogP contribution in [0.2, 0.25) is 0 Å². The number of piperidine rings is 1. The third-order valence-corrected chi connectivity index (χ3v) is 2.72. The lowest BCUT2D eigenvalue weighted by Crippen LogP contribution is -2.38. The van der Waals surface area contributed by atoms with Crippen molar-refractivity contribution in [3.05, 3.63) is 18.1 Å². The van der Waals surface area contributed by atoms with E-state index in [0.717, 1.165) is 30.9 Å². The van der Waals surface area contributed by atoms with Crippen LogP contribution in [0.15, 0.2) is 12.4 Å². The Morgan fingerprint density at radius 2 is 2.44 bits per heavy atom. The maximum atomic E-state index is 9.60. The number of nitrogens with zero attached hydrogens (tertiary/aromatic N) is 3. The van der Waals surface area contributed by atoms with Crippen molar-refractivity contribution in [1.82, 2.24) is 9.97 Å². The number of rotatable bonds is 3. The molecule has 1 aliphatic heterocycles. The number of aliphatic hydroxyl groups excluding tert-OH is 1. The van der Waals surface area contributed by atoms with E-state index in [1.807, 2.05) is 6.07 Å². The van der Waals surface area contributed by atoms with E-state index >= 15 is 0 Å². The average molecular weight is 223 g/mol. The molecule has 88 valence electrons. The minimum Gasteiger partial charge on any atom is -0.391 e. The number of β-amino-alcohol motifs (C(OH)–C–C–N with tert-alkyl or cyclic N) is 1. The summed E-state index contributed by atoms with van der Waals surface area (Å²) in [6, 6.07) is 1.92. The van der Waals surface area contributed by atoms with E-state index in [4.69, 9.17) is 4.74 Å². The van der Waals surface area contributed by atoms with Crippen LogP contribution in [-0.2, 0) is 11.3 Å². The fraction of sp³-hybridized carbons (Fsp3) is 0.636. The molecule has 0 aliphatic carbocycles. The molecule has 0 saturated carbocycles. The van der Waals surface area contributed by atoms with Gasteiger partial charge in [0.1, 0.15) is 12.1 Å². The Morgan fingerprint density at radius 3 is 3.19 bits per heavy atom. The zero-order valence-electron chi connectivity index (χ0n) is 9.46. The van der Waals surface area contributed by atoms with E-state index in [1.54, 1.807) is 13.4 Å². The van der Waals surface area contributed by atoms with Crippen molar-refractivity contribution < 1.29 is 9.84 Å².